The summed E-state index contributed by atoms with van der Waals surface area (Å²) in [5.74, 6) is 0.848. The van der Waals surface area contributed by atoms with Gasteiger partial charge in [0.1, 0.15) is 0 Å². The van der Waals surface area contributed by atoms with Crippen LogP contribution in [-0.4, -0.2) is 37.5 Å². The molecule has 1 aliphatic rings. The molecule has 16 heavy (non-hydrogen) atoms. The molecule has 0 saturated heterocycles. The molecular formula is C13H27NO2. The highest BCUT2D eigenvalue weighted by Gasteiger charge is 2.18. The second-order valence-corrected chi connectivity index (χ2v) is 4.83. The lowest BCUT2D eigenvalue weighted by Crippen LogP contribution is -2.35. The zero-order valence-electron chi connectivity index (χ0n) is 10.6. The predicted molar refractivity (Wildman–Crippen MR) is 66.6 cm³/mol. The first-order chi connectivity index (χ1) is 7.84. The molecule has 0 radical (unpaired) electrons. The zero-order valence-corrected chi connectivity index (χ0v) is 10.6. The van der Waals surface area contributed by atoms with E-state index < -0.39 is 0 Å². The fourth-order valence-electron chi connectivity index (χ4n) is 2.50. The van der Waals surface area contributed by atoms with Crippen molar-refractivity contribution < 1.29 is 9.84 Å². The molecule has 0 unspecified atom stereocenters. The van der Waals surface area contributed by atoms with Gasteiger partial charge in [0.25, 0.3) is 0 Å². The number of nitrogens with one attached hydrogen (secondary N) is 1. The van der Waals surface area contributed by atoms with E-state index in [0.29, 0.717) is 19.3 Å². The maximum atomic E-state index is 8.56. The fraction of sp³-hybridized carbons (Fsp3) is 1.00. The van der Waals surface area contributed by atoms with Crippen LogP contribution in [0.25, 0.3) is 0 Å². The SMILES string of the molecule is C[C@@H](NCCOCCO)C1CCCCCC1. The van der Waals surface area contributed by atoms with E-state index in [1.165, 1.54) is 38.5 Å². The Hall–Kier alpha value is -0.120. The van der Waals surface area contributed by atoms with Crippen LogP contribution in [-0.2, 0) is 4.74 Å². The topological polar surface area (TPSA) is 41.5 Å². The van der Waals surface area contributed by atoms with E-state index in [0.717, 1.165) is 12.5 Å². The third kappa shape index (κ3) is 5.83. The number of rotatable bonds is 7. The van der Waals surface area contributed by atoms with E-state index in [9.17, 15) is 0 Å². The van der Waals surface area contributed by atoms with E-state index in [1.54, 1.807) is 0 Å². The Bertz CT molecular complexity index is 156. The molecule has 0 aromatic rings. The molecule has 0 aromatic heterocycles. The van der Waals surface area contributed by atoms with Crippen LogP contribution in [0.15, 0.2) is 0 Å². The van der Waals surface area contributed by atoms with E-state index >= 15 is 0 Å². The molecule has 0 bridgehead atoms. The first-order valence-electron chi connectivity index (χ1n) is 6.76. The third-order valence-corrected chi connectivity index (χ3v) is 3.56. The molecule has 1 aliphatic carbocycles. The van der Waals surface area contributed by atoms with Gasteiger partial charge in [-0.25, -0.2) is 0 Å². The highest BCUT2D eigenvalue weighted by molar-refractivity contribution is 4.74. The molecule has 96 valence electrons. The first-order valence-corrected chi connectivity index (χ1v) is 6.76. The summed E-state index contributed by atoms with van der Waals surface area (Å²) in [6, 6.07) is 0.607. The Morgan fingerprint density at radius 2 is 1.88 bits per heavy atom. The highest BCUT2D eigenvalue weighted by Crippen LogP contribution is 2.25. The van der Waals surface area contributed by atoms with E-state index in [4.69, 9.17) is 9.84 Å². The minimum atomic E-state index is 0.123. The van der Waals surface area contributed by atoms with Crippen LogP contribution >= 0.6 is 0 Å². The van der Waals surface area contributed by atoms with Gasteiger partial charge in [0.15, 0.2) is 0 Å². The van der Waals surface area contributed by atoms with Gasteiger partial charge in [-0.1, -0.05) is 25.7 Å². The lowest BCUT2D eigenvalue weighted by molar-refractivity contribution is 0.0915. The normalized spacial score (nSPS) is 20.6. The Morgan fingerprint density at radius 1 is 1.19 bits per heavy atom. The van der Waals surface area contributed by atoms with Gasteiger partial charge in [0, 0.05) is 12.6 Å². The molecule has 3 heteroatoms. The number of ether oxygens (including phenoxy) is 1. The first kappa shape index (κ1) is 13.9. The smallest absolute Gasteiger partial charge is 0.0698 e. The third-order valence-electron chi connectivity index (χ3n) is 3.56. The molecule has 2 N–H and O–H groups in total. The van der Waals surface area contributed by atoms with E-state index in [1.807, 2.05) is 0 Å². The van der Waals surface area contributed by atoms with Gasteiger partial charge in [-0.3, -0.25) is 0 Å². The largest absolute Gasteiger partial charge is 0.394 e. The van der Waals surface area contributed by atoms with Crippen molar-refractivity contribution in [2.75, 3.05) is 26.4 Å². The summed E-state index contributed by atoms with van der Waals surface area (Å²) < 4.78 is 5.23. The summed E-state index contributed by atoms with van der Waals surface area (Å²) in [5, 5.41) is 12.1. The van der Waals surface area contributed by atoms with Gasteiger partial charge >= 0.3 is 0 Å². The van der Waals surface area contributed by atoms with Crippen molar-refractivity contribution in [1.29, 1.82) is 0 Å². The van der Waals surface area contributed by atoms with Crippen molar-refractivity contribution in [1.82, 2.24) is 5.32 Å². The van der Waals surface area contributed by atoms with Crippen molar-refractivity contribution in [3.63, 3.8) is 0 Å². The second-order valence-electron chi connectivity index (χ2n) is 4.83. The second kappa shape index (κ2) is 8.97. The van der Waals surface area contributed by atoms with Crippen molar-refractivity contribution in [2.24, 2.45) is 5.92 Å². The lowest BCUT2D eigenvalue weighted by atomic mass is 9.93. The maximum Gasteiger partial charge on any atom is 0.0698 e. The standard InChI is InChI=1S/C13H27NO2/c1-12(14-8-10-16-11-9-15)13-6-4-2-3-5-7-13/h12-15H,2-11H2,1H3/t12-/m1/s1. The molecule has 0 aliphatic heterocycles. The molecule has 1 saturated carbocycles. The summed E-state index contributed by atoms with van der Waals surface area (Å²) in [7, 11) is 0. The number of hydrogen-bond acceptors (Lipinski definition) is 3. The van der Waals surface area contributed by atoms with Crippen LogP contribution in [0.5, 0.6) is 0 Å². The fourth-order valence-corrected chi connectivity index (χ4v) is 2.50. The quantitative estimate of drug-likeness (QED) is 0.518. The van der Waals surface area contributed by atoms with Crippen molar-refractivity contribution in [3.05, 3.63) is 0 Å². The molecule has 0 heterocycles. The van der Waals surface area contributed by atoms with Crippen LogP contribution in [0.1, 0.15) is 45.4 Å². The minimum Gasteiger partial charge on any atom is -0.394 e. The summed E-state index contributed by atoms with van der Waals surface area (Å²) in [6.45, 7) is 4.48. The van der Waals surface area contributed by atoms with Gasteiger partial charge in [-0.15, -0.1) is 0 Å². The van der Waals surface area contributed by atoms with Crippen molar-refractivity contribution >= 4 is 0 Å². The Morgan fingerprint density at radius 3 is 2.50 bits per heavy atom. The van der Waals surface area contributed by atoms with Gasteiger partial charge in [0.2, 0.25) is 0 Å². The molecule has 3 nitrogen and oxygen atoms in total. The molecule has 1 atom stereocenters. The highest BCUT2D eigenvalue weighted by atomic mass is 16.5. The minimum absolute atomic E-state index is 0.123. The van der Waals surface area contributed by atoms with Crippen LogP contribution in [0.3, 0.4) is 0 Å². The van der Waals surface area contributed by atoms with Crippen LogP contribution in [0, 0.1) is 5.92 Å². The van der Waals surface area contributed by atoms with E-state index in [2.05, 4.69) is 12.2 Å². The predicted octanol–water partition coefficient (Wildman–Crippen LogP) is 1.94. The molecule has 0 spiro atoms. The van der Waals surface area contributed by atoms with Crippen LogP contribution in [0.2, 0.25) is 0 Å². The Balaban J connectivity index is 2.05. The summed E-state index contributed by atoms with van der Waals surface area (Å²) >= 11 is 0. The van der Waals surface area contributed by atoms with E-state index in [-0.39, 0.29) is 6.61 Å². The molecule has 0 aromatic carbocycles. The molecule has 1 rings (SSSR count). The Labute approximate surface area is 99.6 Å². The summed E-state index contributed by atoms with van der Waals surface area (Å²) in [6.07, 6.45) is 8.40. The number of aliphatic hydroxyl groups is 1. The number of aliphatic hydroxyl groups excluding tert-OH is 1. The average Bonchev–Trinajstić information content (AvgIpc) is 2.57. The summed E-state index contributed by atoms with van der Waals surface area (Å²) in [5.41, 5.74) is 0. The zero-order chi connectivity index (χ0) is 11.6. The lowest BCUT2D eigenvalue weighted by Gasteiger charge is -2.23. The van der Waals surface area contributed by atoms with Gasteiger partial charge in [-0.05, 0) is 25.7 Å². The van der Waals surface area contributed by atoms with Crippen LogP contribution < -0.4 is 5.32 Å². The summed E-state index contributed by atoms with van der Waals surface area (Å²) in [4.78, 5) is 0. The average molecular weight is 229 g/mol. The maximum absolute atomic E-state index is 8.56. The van der Waals surface area contributed by atoms with Crippen molar-refractivity contribution in [2.45, 2.75) is 51.5 Å². The Kier molecular flexibility index (Phi) is 7.81. The van der Waals surface area contributed by atoms with Gasteiger partial charge in [0.05, 0.1) is 19.8 Å². The van der Waals surface area contributed by atoms with Crippen molar-refractivity contribution in [3.8, 4) is 0 Å². The van der Waals surface area contributed by atoms with Gasteiger partial charge in [-0.2, -0.15) is 0 Å². The van der Waals surface area contributed by atoms with Crippen LogP contribution in [0.4, 0.5) is 0 Å². The number of hydrogen-bond donors (Lipinski definition) is 2. The molecule has 0 amide bonds. The molecular weight excluding hydrogens is 202 g/mol. The monoisotopic (exact) mass is 229 g/mol. The molecule has 1 fully saturated rings. The van der Waals surface area contributed by atoms with Gasteiger partial charge < -0.3 is 15.2 Å².